The van der Waals surface area contributed by atoms with E-state index in [1.165, 1.54) is 55.2 Å². The van der Waals surface area contributed by atoms with Gasteiger partial charge in [-0.2, -0.15) is 0 Å². The monoisotopic (exact) mass is 469 g/mol. The predicted octanol–water partition coefficient (Wildman–Crippen LogP) is 6.71. The molecule has 6 nitrogen and oxygen atoms in total. The summed E-state index contributed by atoms with van der Waals surface area (Å²) in [6.45, 7) is 9.64. The van der Waals surface area contributed by atoms with Crippen LogP contribution in [0.3, 0.4) is 0 Å². The molecular formula is C28H43N3O3. The number of hydrogen-bond acceptors (Lipinski definition) is 5. The first-order valence-corrected chi connectivity index (χ1v) is 12.5. The van der Waals surface area contributed by atoms with Gasteiger partial charge in [0.05, 0.1) is 12.3 Å². The second-order valence-corrected chi connectivity index (χ2v) is 8.84. The third kappa shape index (κ3) is 9.24. The zero-order valence-electron chi connectivity index (χ0n) is 22.0. The molecule has 0 saturated carbocycles. The molecule has 1 heterocycles. The van der Waals surface area contributed by atoms with Gasteiger partial charge in [-0.05, 0) is 75.8 Å². The second kappa shape index (κ2) is 15.2. The van der Waals surface area contributed by atoms with Crippen LogP contribution in [0.15, 0.2) is 35.5 Å². The van der Waals surface area contributed by atoms with Crippen LogP contribution in [-0.4, -0.2) is 35.8 Å². The summed E-state index contributed by atoms with van der Waals surface area (Å²) >= 11 is 0. The van der Waals surface area contributed by atoms with E-state index in [2.05, 4.69) is 36.2 Å². The van der Waals surface area contributed by atoms with Crippen LogP contribution in [0.4, 0.5) is 0 Å². The number of allylic oxidation sites excluding steroid dienone is 1. The molecule has 0 radical (unpaired) electrons. The number of ether oxygens (including phenoxy) is 2. The molecular weight excluding hydrogens is 426 g/mol. The van der Waals surface area contributed by atoms with Gasteiger partial charge in [-0.15, -0.1) is 5.10 Å². The van der Waals surface area contributed by atoms with Crippen molar-refractivity contribution in [3.8, 4) is 11.6 Å². The number of rotatable bonds is 16. The van der Waals surface area contributed by atoms with E-state index in [1.54, 1.807) is 11.8 Å². The van der Waals surface area contributed by atoms with Crippen molar-refractivity contribution < 1.29 is 14.3 Å². The van der Waals surface area contributed by atoms with Gasteiger partial charge in [0.1, 0.15) is 25.2 Å². The standard InChI is InChI=1S/C28H43N3O3/c1-7-8-17-33-25-19-22(2)26(23(3)20-25)16-14-12-10-9-11-13-15-18-34-28-21-27(31(5)29-28)24(4)30-32-6/h7-8,19-21H,9-18H2,1-6H3/b8-7+,30-24?. The average Bonchev–Trinajstić information content (AvgIpc) is 3.17. The number of aryl methyl sites for hydroxylation is 3. The molecule has 0 saturated heterocycles. The van der Waals surface area contributed by atoms with Crippen LogP contribution in [0.1, 0.15) is 81.2 Å². The molecule has 0 fully saturated rings. The maximum atomic E-state index is 5.81. The fourth-order valence-electron chi connectivity index (χ4n) is 4.17. The van der Waals surface area contributed by atoms with Crippen LogP contribution >= 0.6 is 0 Å². The second-order valence-electron chi connectivity index (χ2n) is 8.84. The molecule has 0 atom stereocenters. The molecule has 0 bridgehead atoms. The van der Waals surface area contributed by atoms with Gasteiger partial charge in [0, 0.05) is 13.1 Å². The van der Waals surface area contributed by atoms with Crippen LogP contribution in [-0.2, 0) is 18.3 Å². The summed E-state index contributed by atoms with van der Waals surface area (Å²) in [6, 6.07) is 6.26. The molecule has 0 aliphatic carbocycles. The molecule has 0 aliphatic rings. The first-order valence-electron chi connectivity index (χ1n) is 12.5. The van der Waals surface area contributed by atoms with Gasteiger partial charge in [-0.25, -0.2) is 0 Å². The first-order chi connectivity index (χ1) is 16.5. The number of benzene rings is 1. The molecule has 0 spiro atoms. The highest BCUT2D eigenvalue weighted by atomic mass is 16.6. The lowest BCUT2D eigenvalue weighted by molar-refractivity contribution is 0.213. The maximum Gasteiger partial charge on any atom is 0.233 e. The van der Waals surface area contributed by atoms with Crippen molar-refractivity contribution >= 4 is 5.71 Å². The van der Waals surface area contributed by atoms with Crippen molar-refractivity contribution in [1.82, 2.24) is 9.78 Å². The molecule has 1 aromatic carbocycles. The Balaban J connectivity index is 1.56. The van der Waals surface area contributed by atoms with Crippen molar-refractivity contribution in [1.29, 1.82) is 0 Å². The minimum Gasteiger partial charge on any atom is -0.490 e. The van der Waals surface area contributed by atoms with Gasteiger partial charge in [-0.1, -0.05) is 49.4 Å². The summed E-state index contributed by atoms with van der Waals surface area (Å²) in [4.78, 5) is 4.83. The van der Waals surface area contributed by atoms with Gasteiger partial charge in [0.2, 0.25) is 5.88 Å². The number of oxime groups is 1. The van der Waals surface area contributed by atoms with Crippen molar-refractivity contribution in [3.63, 3.8) is 0 Å². The van der Waals surface area contributed by atoms with Crippen LogP contribution in [0.25, 0.3) is 0 Å². The SMILES string of the molecule is C/C=C/COc1cc(C)c(CCCCCCCCCOc2cc(C(C)=NOC)n(C)n2)c(C)c1. The van der Waals surface area contributed by atoms with Crippen molar-refractivity contribution in [2.24, 2.45) is 12.2 Å². The van der Waals surface area contributed by atoms with Gasteiger partial charge >= 0.3 is 0 Å². The smallest absolute Gasteiger partial charge is 0.233 e. The Morgan fingerprint density at radius 1 is 0.971 bits per heavy atom. The highest BCUT2D eigenvalue weighted by molar-refractivity contribution is 5.97. The molecule has 34 heavy (non-hydrogen) atoms. The van der Waals surface area contributed by atoms with E-state index < -0.39 is 0 Å². The predicted molar refractivity (Wildman–Crippen MR) is 140 cm³/mol. The molecule has 0 aliphatic heterocycles. The van der Waals surface area contributed by atoms with E-state index in [0.717, 1.165) is 30.0 Å². The molecule has 0 N–H and O–H groups in total. The van der Waals surface area contributed by atoms with E-state index in [9.17, 15) is 0 Å². The van der Waals surface area contributed by atoms with E-state index in [1.807, 2.05) is 39.1 Å². The van der Waals surface area contributed by atoms with Crippen molar-refractivity contribution in [3.05, 3.63) is 52.7 Å². The van der Waals surface area contributed by atoms with Crippen LogP contribution in [0.5, 0.6) is 11.6 Å². The number of nitrogens with zero attached hydrogens (tertiary/aromatic N) is 3. The van der Waals surface area contributed by atoms with Gasteiger partial charge in [0.25, 0.3) is 0 Å². The number of hydrogen-bond donors (Lipinski definition) is 0. The van der Waals surface area contributed by atoms with E-state index in [4.69, 9.17) is 14.3 Å². The summed E-state index contributed by atoms with van der Waals surface area (Å²) < 4.78 is 13.4. The molecule has 2 rings (SSSR count). The fraction of sp³-hybridized carbons (Fsp3) is 0.571. The summed E-state index contributed by atoms with van der Waals surface area (Å²) in [5.41, 5.74) is 5.85. The highest BCUT2D eigenvalue weighted by Gasteiger charge is 2.09. The maximum absolute atomic E-state index is 5.81. The summed E-state index contributed by atoms with van der Waals surface area (Å²) in [5, 5.41) is 8.34. The quantitative estimate of drug-likeness (QED) is 0.119. The van der Waals surface area contributed by atoms with Crippen LogP contribution < -0.4 is 9.47 Å². The Labute approximate surface area is 206 Å². The average molecular weight is 470 g/mol. The van der Waals surface area contributed by atoms with Crippen LogP contribution in [0, 0.1) is 13.8 Å². The summed E-state index contributed by atoms with van der Waals surface area (Å²) in [7, 11) is 3.43. The summed E-state index contributed by atoms with van der Waals surface area (Å²) in [5.74, 6) is 1.62. The molecule has 2 aromatic rings. The Morgan fingerprint density at radius 3 is 2.26 bits per heavy atom. The minimum atomic E-state index is 0.634. The zero-order chi connectivity index (χ0) is 24.8. The summed E-state index contributed by atoms with van der Waals surface area (Å²) in [6.07, 6.45) is 13.8. The van der Waals surface area contributed by atoms with E-state index in [-0.39, 0.29) is 0 Å². The molecule has 0 unspecified atom stereocenters. The molecule has 188 valence electrons. The van der Waals surface area contributed by atoms with Crippen molar-refractivity contribution in [2.45, 2.75) is 79.1 Å². The van der Waals surface area contributed by atoms with Gasteiger partial charge in [0.15, 0.2) is 0 Å². The normalized spacial score (nSPS) is 11.9. The molecule has 0 amide bonds. The largest absolute Gasteiger partial charge is 0.490 e. The van der Waals surface area contributed by atoms with Crippen LogP contribution in [0.2, 0.25) is 0 Å². The lowest BCUT2D eigenvalue weighted by Crippen LogP contribution is -2.04. The Bertz CT molecular complexity index is 908. The first kappa shape index (κ1) is 27.5. The molecule has 6 heteroatoms. The Morgan fingerprint density at radius 2 is 1.62 bits per heavy atom. The lowest BCUT2D eigenvalue weighted by atomic mass is 9.96. The van der Waals surface area contributed by atoms with Gasteiger partial charge in [-0.3, -0.25) is 4.68 Å². The van der Waals surface area contributed by atoms with E-state index >= 15 is 0 Å². The lowest BCUT2D eigenvalue weighted by Gasteiger charge is -2.13. The minimum absolute atomic E-state index is 0.634. The third-order valence-electron chi connectivity index (χ3n) is 6.03. The molecule has 1 aromatic heterocycles. The van der Waals surface area contributed by atoms with Gasteiger partial charge < -0.3 is 14.3 Å². The highest BCUT2D eigenvalue weighted by Crippen LogP contribution is 2.24. The Kier molecular flexibility index (Phi) is 12.3. The van der Waals surface area contributed by atoms with E-state index in [0.29, 0.717) is 19.1 Å². The number of aromatic nitrogens is 2. The number of unbranched alkanes of at least 4 members (excludes halogenated alkanes) is 6. The van der Waals surface area contributed by atoms with Crippen molar-refractivity contribution in [2.75, 3.05) is 20.3 Å². The Hall–Kier alpha value is -2.76. The third-order valence-corrected chi connectivity index (χ3v) is 6.03. The zero-order valence-corrected chi connectivity index (χ0v) is 22.0. The topological polar surface area (TPSA) is 57.9 Å². The fourth-order valence-corrected chi connectivity index (χ4v) is 4.17.